The quantitative estimate of drug-likeness (QED) is 0.813. The first kappa shape index (κ1) is 15.6. The van der Waals surface area contributed by atoms with Gasteiger partial charge < -0.3 is 18.6 Å². The predicted octanol–water partition coefficient (Wildman–Crippen LogP) is 2.67. The van der Waals surface area contributed by atoms with E-state index in [0.29, 0.717) is 23.8 Å². The van der Waals surface area contributed by atoms with Crippen LogP contribution in [0.25, 0.3) is 11.1 Å². The number of rotatable bonds is 4. The summed E-state index contributed by atoms with van der Waals surface area (Å²) in [5.74, 6) is 0.265. The average Bonchev–Trinajstić information content (AvgIpc) is 3.11. The van der Waals surface area contributed by atoms with Gasteiger partial charge in [0.2, 0.25) is 5.91 Å². The lowest BCUT2D eigenvalue weighted by atomic mass is 9.99. The Hall–Kier alpha value is -2.24. The number of fused-ring (bicyclic) bond motifs is 1. The smallest absolute Gasteiger partial charge is 0.355 e. The van der Waals surface area contributed by atoms with Crippen LogP contribution in [0.15, 0.2) is 22.8 Å². The van der Waals surface area contributed by atoms with Crippen LogP contribution in [0.2, 0.25) is 0 Å². The van der Waals surface area contributed by atoms with Crippen molar-refractivity contribution in [3.05, 3.63) is 24.1 Å². The minimum absolute atomic E-state index is 0.0288. The third-order valence-electron chi connectivity index (χ3n) is 4.44. The first-order valence-electron chi connectivity index (χ1n) is 8.11. The molecular weight excluding hydrogens is 296 g/mol. The minimum Gasteiger partial charge on any atom is -0.463 e. The lowest BCUT2D eigenvalue weighted by Crippen LogP contribution is -2.40. The van der Waals surface area contributed by atoms with Crippen LogP contribution in [0.1, 0.15) is 37.2 Å². The lowest BCUT2D eigenvalue weighted by molar-refractivity contribution is -0.133. The van der Waals surface area contributed by atoms with E-state index < -0.39 is 5.97 Å². The second-order valence-electron chi connectivity index (χ2n) is 6.07. The SMILES string of the molecule is CCOC(=O)c1cc2occc2n1CC(=O)N1CCC(C)CC1. The normalized spacial score (nSPS) is 16.0. The molecule has 3 heterocycles. The van der Waals surface area contributed by atoms with Gasteiger partial charge in [0.1, 0.15) is 12.2 Å². The maximum Gasteiger partial charge on any atom is 0.355 e. The Morgan fingerprint density at radius 1 is 1.35 bits per heavy atom. The van der Waals surface area contributed by atoms with Gasteiger partial charge in [-0.25, -0.2) is 4.79 Å². The van der Waals surface area contributed by atoms with Crippen molar-refractivity contribution >= 4 is 23.0 Å². The predicted molar refractivity (Wildman–Crippen MR) is 85.1 cm³/mol. The fourth-order valence-corrected chi connectivity index (χ4v) is 3.01. The molecular formula is C17H22N2O4. The van der Waals surface area contributed by atoms with Crippen molar-refractivity contribution in [2.75, 3.05) is 19.7 Å². The molecule has 3 rings (SSSR count). The van der Waals surface area contributed by atoms with E-state index in [4.69, 9.17) is 9.15 Å². The topological polar surface area (TPSA) is 64.7 Å². The number of amides is 1. The maximum atomic E-state index is 12.6. The fourth-order valence-electron chi connectivity index (χ4n) is 3.01. The van der Waals surface area contributed by atoms with Gasteiger partial charge in [0.05, 0.1) is 18.4 Å². The summed E-state index contributed by atoms with van der Waals surface area (Å²) in [6.07, 6.45) is 3.62. The summed E-state index contributed by atoms with van der Waals surface area (Å²) < 4.78 is 12.1. The number of hydrogen-bond donors (Lipinski definition) is 0. The molecule has 0 atom stereocenters. The van der Waals surface area contributed by atoms with Crippen LogP contribution in [-0.2, 0) is 16.1 Å². The number of aromatic nitrogens is 1. The van der Waals surface area contributed by atoms with Crippen molar-refractivity contribution in [1.29, 1.82) is 0 Å². The Balaban J connectivity index is 1.83. The minimum atomic E-state index is -0.432. The van der Waals surface area contributed by atoms with E-state index in [2.05, 4.69) is 6.92 Å². The van der Waals surface area contributed by atoms with Crippen molar-refractivity contribution < 1.29 is 18.7 Å². The van der Waals surface area contributed by atoms with E-state index in [0.717, 1.165) is 31.4 Å². The maximum absolute atomic E-state index is 12.6. The molecule has 1 fully saturated rings. The zero-order valence-corrected chi connectivity index (χ0v) is 13.6. The number of carbonyl (C=O) groups excluding carboxylic acids is 2. The second-order valence-corrected chi connectivity index (χ2v) is 6.07. The van der Waals surface area contributed by atoms with Gasteiger partial charge in [-0.15, -0.1) is 0 Å². The molecule has 1 aliphatic heterocycles. The molecule has 0 N–H and O–H groups in total. The number of furan rings is 1. The Morgan fingerprint density at radius 3 is 2.78 bits per heavy atom. The summed E-state index contributed by atoms with van der Waals surface area (Å²) in [4.78, 5) is 26.6. The molecule has 6 heteroatoms. The molecule has 0 unspecified atom stereocenters. The summed E-state index contributed by atoms with van der Waals surface area (Å²) in [5, 5.41) is 0. The molecule has 0 aromatic carbocycles. The van der Waals surface area contributed by atoms with Crippen LogP contribution in [0, 0.1) is 5.92 Å². The third-order valence-corrected chi connectivity index (χ3v) is 4.44. The molecule has 23 heavy (non-hydrogen) atoms. The Bertz CT molecular complexity index is 707. The van der Waals surface area contributed by atoms with Crippen molar-refractivity contribution in [1.82, 2.24) is 9.47 Å². The van der Waals surface area contributed by atoms with Crippen molar-refractivity contribution in [2.45, 2.75) is 33.2 Å². The zero-order valence-electron chi connectivity index (χ0n) is 13.6. The summed E-state index contributed by atoms with van der Waals surface area (Å²) in [7, 11) is 0. The Morgan fingerprint density at radius 2 is 2.09 bits per heavy atom. The van der Waals surface area contributed by atoms with Crippen LogP contribution in [-0.4, -0.2) is 41.0 Å². The molecule has 2 aromatic heterocycles. The highest BCUT2D eigenvalue weighted by molar-refractivity contribution is 5.95. The van der Waals surface area contributed by atoms with E-state index in [-0.39, 0.29) is 12.5 Å². The summed E-state index contributed by atoms with van der Waals surface area (Å²) in [6.45, 7) is 5.96. The molecule has 124 valence electrons. The average molecular weight is 318 g/mol. The van der Waals surface area contributed by atoms with E-state index in [1.54, 1.807) is 29.9 Å². The molecule has 0 saturated carbocycles. The highest BCUT2D eigenvalue weighted by atomic mass is 16.5. The molecule has 1 aliphatic rings. The van der Waals surface area contributed by atoms with Gasteiger partial charge in [0.15, 0.2) is 5.58 Å². The molecule has 0 bridgehead atoms. The van der Waals surface area contributed by atoms with Gasteiger partial charge in [-0.05, 0) is 25.7 Å². The lowest BCUT2D eigenvalue weighted by Gasteiger charge is -2.30. The molecule has 1 saturated heterocycles. The number of nitrogens with zero attached hydrogens (tertiary/aromatic N) is 2. The highest BCUT2D eigenvalue weighted by Crippen LogP contribution is 2.23. The van der Waals surface area contributed by atoms with Gasteiger partial charge in [-0.1, -0.05) is 6.92 Å². The summed E-state index contributed by atoms with van der Waals surface area (Å²) in [6, 6.07) is 3.41. The Labute approximate surface area is 135 Å². The van der Waals surface area contributed by atoms with E-state index >= 15 is 0 Å². The zero-order chi connectivity index (χ0) is 16.4. The van der Waals surface area contributed by atoms with E-state index in [1.807, 2.05) is 4.90 Å². The fraction of sp³-hybridized carbons (Fsp3) is 0.529. The summed E-state index contributed by atoms with van der Waals surface area (Å²) >= 11 is 0. The van der Waals surface area contributed by atoms with Gasteiger partial charge in [-0.3, -0.25) is 4.79 Å². The highest BCUT2D eigenvalue weighted by Gasteiger charge is 2.24. The standard InChI is InChI=1S/C17H22N2O4/c1-3-22-17(21)14-10-15-13(6-9-23-15)19(14)11-16(20)18-7-4-12(2)5-8-18/h6,9-10,12H,3-5,7-8,11H2,1-2H3. The number of ether oxygens (including phenoxy) is 1. The van der Waals surface area contributed by atoms with Gasteiger partial charge >= 0.3 is 5.97 Å². The Kier molecular flexibility index (Phi) is 4.41. The van der Waals surface area contributed by atoms with Gasteiger partial charge in [-0.2, -0.15) is 0 Å². The van der Waals surface area contributed by atoms with Gasteiger partial charge in [0.25, 0.3) is 0 Å². The van der Waals surface area contributed by atoms with Crippen LogP contribution < -0.4 is 0 Å². The molecule has 1 amide bonds. The molecule has 0 radical (unpaired) electrons. The van der Waals surface area contributed by atoms with Crippen molar-refractivity contribution in [2.24, 2.45) is 5.92 Å². The van der Waals surface area contributed by atoms with Crippen LogP contribution in [0.3, 0.4) is 0 Å². The number of hydrogen-bond acceptors (Lipinski definition) is 4. The monoisotopic (exact) mass is 318 g/mol. The molecule has 0 spiro atoms. The largest absolute Gasteiger partial charge is 0.463 e. The van der Waals surface area contributed by atoms with Crippen molar-refractivity contribution in [3.63, 3.8) is 0 Å². The number of piperidine rings is 1. The number of likely N-dealkylation sites (tertiary alicyclic amines) is 1. The summed E-state index contributed by atoms with van der Waals surface area (Å²) in [5.41, 5.74) is 1.69. The molecule has 2 aromatic rings. The number of esters is 1. The van der Waals surface area contributed by atoms with Gasteiger partial charge in [0, 0.05) is 25.2 Å². The third kappa shape index (κ3) is 3.11. The first-order valence-corrected chi connectivity index (χ1v) is 8.11. The van der Waals surface area contributed by atoms with E-state index in [9.17, 15) is 9.59 Å². The molecule has 6 nitrogen and oxygen atoms in total. The second kappa shape index (κ2) is 6.48. The van der Waals surface area contributed by atoms with Crippen molar-refractivity contribution in [3.8, 4) is 0 Å². The van der Waals surface area contributed by atoms with Crippen LogP contribution in [0.5, 0.6) is 0 Å². The van der Waals surface area contributed by atoms with E-state index in [1.165, 1.54) is 0 Å². The van der Waals surface area contributed by atoms with Crippen LogP contribution >= 0.6 is 0 Å². The molecule has 0 aliphatic carbocycles. The first-order chi connectivity index (χ1) is 11.1. The van der Waals surface area contributed by atoms with Crippen LogP contribution in [0.4, 0.5) is 0 Å². The number of carbonyl (C=O) groups is 2.